The molecule has 0 fully saturated rings. The highest BCUT2D eigenvalue weighted by molar-refractivity contribution is 7.80. The average Bonchev–Trinajstić information content (AvgIpc) is 2.41. The van der Waals surface area contributed by atoms with Crippen LogP contribution >= 0.6 is 12.2 Å². The first-order valence-electron chi connectivity index (χ1n) is 6.14. The smallest absolute Gasteiger partial charge is 0.223 e. The van der Waals surface area contributed by atoms with Crippen LogP contribution in [-0.2, 0) is 0 Å². The van der Waals surface area contributed by atoms with Gasteiger partial charge < -0.3 is 14.8 Å². The summed E-state index contributed by atoms with van der Waals surface area (Å²) in [6.07, 6.45) is 1.79. The third-order valence-electron chi connectivity index (χ3n) is 2.25. The maximum absolute atomic E-state index is 5.45. The number of thiocarbonyl (C=S) groups is 1. The second-order valence-electron chi connectivity index (χ2n) is 3.62. The third-order valence-corrected chi connectivity index (χ3v) is 2.50. The van der Waals surface area contributed by atoms with Crippen molar-refractivity contribution in [3.8, 4) is 11.5 Å². The van der Waals surface area contributed by atoms with Gasteiger partial charge in [-0.3, -0.25) is 0 Å². The van der Waals surface area contributed by atoms with Gasteiger partial charge in [-0.05, 0) is 44.3 Å². The number of hydrogen-bond acceptors (Lipinski definition) is 3. The molecular weight excluding hydrogens is 262 g/mol. The number of hydrazine groups is 1. The van der Waals surface area contributed by atoms with Crippen LogP contribution in [-0.4, -0.2) is 31.6 Å². The van der Waals surface area contributed by atoms with Crippen LogP contribution in [0, 0.1) is 0 Å². The zero-order chi connectivity index (χ0) is 14.1. The highest BCUT2D eigenvalue weighted by atomic mass is 32.1. The van der Waals surface area contributed by atoms with Crippen molar-refractivity contribution in [2.75, 3.05) is 20.3 Å². The number of nitrogens with one attached hydrogen (secondary N) is 3. The highest BCUT2D eigenvalue weighted by Gasteiger charge is 2.05. The molecule has 0 atom stereocenters. The van der Waals surface area contributed by atoms with Crippen LogP contribution in [0.2, 0.25) is 0 Å². The maximum atomic E-state index is 5.45. The molecular formula is C13H20N3O2S+. The Labute approximate surface area is 119 Å². The van der Waals surface area contributed by atoms with Gasteiger partial charge in [-0.2, -0.15) is 0 Å². The molecule has 0 radical (unpaired) electrons. The maximum Gasteiger partial charge on any atom is 0.223 e. The van der Waals surface area contributed by atoms with E-state index in [-0.39, 0.29) is 0 Å². The minimum Gasteiger partial charge on any atom is -0.493 e. The molecule has 104 valence electrons. The summed E-state index contributed by atoms with van der Waals surface area (Å²) in [6, 6.07) is 5.69. The summed E-state index contributed by atoms with van der Waals surface area (Å²) in [5.41, 5.74) is 3.80. The Bertz CT molecular complexity index is 450. The van der Waals surface area contributed by atoms with Crippen LogP contribution in [0.1, 0.15) is 19.4 Å². The highest BCUT2D eigenvalue weighted by Crippen LogP contribution is 2.27. The fourth-order valence-electron chi connectivity index (χ4n) is 1.44. The van der Waals surface area contributed by atoms with E-state index in [4.69, 9.17) is 21.7 Å². The van der Waals surface area contributed by atoms with Crippen LogP contribution in [0.4, 0.5) is 0 Å². The Morgan fingerprint density at radius 2 is 2.16 bits per heavy atom. The third kappa shape index (κ3) is 5.13. The molecule has 0 aliphatic heterocycles. The molecule has 1 rings (SSSR count). The molecule has 0 spiro atoms. The molecule has 0 aromatic heterocycles. The lowest BCUT2D eigenvalue weighted by Crippen LogP contribution is -2.82. The predicted molar refractivity (Wildman–Crippen MR) is 79.7 cm³/mol. The Kier molecular flexibility index (Phi) is 6.67. The summed E-state index contributed by atoms with van der Waals surface area (Å²) in [4.78, 5) is 0. The Balaban J connectivity index is 2.68. The fraction of sp³-hybridized carbons (Fsp3) is 0.385. The molecule has 0 aliphatic rings. The zero-order valence-electron chi connectivity index (χ0n) is 11.4. The van der Waals surface area contributed by atoms with E-state index in [9.17, 15) is 0 Å². The molecule has 0 aliphatic carbocycles. The van der Waals surface area contributed by atoms with Crippen molar-refractivity contribution in [2.45, 2.75) is 13.8 Å². The topological polar surface area (TPSA) is 56.5 Å². The van der Waals surface area contributed by atoms with E-state index in [0.717, 1.165) is 17.9 Å². The van der Waals surface area contributed by atoms with Crippen molar-refractivity contribution in [3.05, 3.63) is 23.8 Å². The van der Waals surface area contributed by atoms with Gasteiger partial charge in [0.15, 0.2) is 17.7 Å². The first-order valence-corrected chi connectivity index (χ1v) is 6.55. The first kappa shape index (κ1) is 15.2. The van der Waals surface area contributed by atoms with Crippen molar-refractivity contribution in [1.82, 2.24) is 10.7 Å². The lowest BCUT2D eigenvalue weighted by molar-refractivity contribution is -0.500. The van der Waals surface area contributed by atoms with Crippen molar-refractivity contribution in [3.63, 3.8) is 0 Å². The van der Waals surface area contributed by atoms with E-state index in [0.29, 0.717) is 17.5 Å². The lowest BCUT2D eigenvalue weighted by atomic mass is 10.2. The Morgan fingerprint density at radius 1 is 1.37 bits per heavy atom. The van der Waals surface area contributed by atoms with Gasteiger partial charge in [0.25, 0.3) is 0 Å². The number of hydrazone groups is 1. The van der Waals surface area contributed by atoms with Crippen molar-refractivity contribution >= 4 is 23.5 Å². The van der Waals surface area contributed by atoms with Crippen molar-refractivity contribution in [2.24, 2.45) is 0 Å². The molecule has 1 aromatic rings. The molecule has 1 aromatic carbocycles. The van der Waals surface area contributed by atoms with Crippen LogP contribution in [0.25, 0.3) is 0 Å². The fourth-order valence-corrected chi connectivity index (χ4v) is 1.64. The average molecular weight is 282 g/mol. The second kappa shape index (κ2) is 8.31. The molecule has 0 saturated carbocycles. The van der Waals surface area contributed by atoms with Gasteiger partial charge in [-0.1, -0.05) is 0 Å². The molecule has 0 heterocycles. The molecule has 19 heavy (non-hydrogen) atoms. The summed E-state index contributed by atoms with van der Waals surface area (Å²) >= 11 is 5.02. The van der Waals surface area contributed by atoms with E-state index in [1.807, 2.05) is 32.0 Å². The van der Waals surface area contributed by atoms with E-state index < -0.39 is 0 Å². The summed E-state index contributed by atoms with van der Waals surface area (Å²) in [6.45, 7) is 5.31. The van der Waals surface area contributed by atoms with Gasteiger partial charge >= 0.3 is 0 Å². The first-order chi connectivity index (χ1) is 9.21. The monoisotopic (exact) mass is 282 g/mol. The lowest BCUT2D eigenvalue weighted by Gasteiger charge is -2.08. The van der Waals surface area contributed by atoms with Crippen LogP contribution < -0.4 is 25.3 Å². The number of hydrogen-bond donors (Lipinski definition) is 3. The second-order valence-corrected chi connectivity index (χ2v) is 4.02. The van der Waals surface area contributed by atoms with Gasteiger partial charge in [0, 0.05) is 12.1 Å². The van der Waals surface area contributed by atoms with Crippen LogP contribution in [0.5, 0.6) is 11.5 Å². The molecule has 0 amide bonds. The Morgan fingerprint density at radius 3 is 2.79 bits per heavy atom. The van der Waals surface area contributed by atoms with Gasteiger partial charge in [-0.25, -0.2) is 0 Å². The summed E-state index contributed by atoms with van der Waals surface area (Å²) < 4.78 is 10.7. The van der Waals surface area contributed by atoms with E-state index in [2.05, 4.69) is 15.8 Å². The molecule has 3 N–H and O–H groups in total. The van der Waals surface area contributed by atoms with Crippen LogP contribution in [0.3, 0.4) is 0 Å². The van der Waals surface area contributed by atoms with E-state index >= 15 is 0 Å². The predicted octanol–water partition coefficient (Wildman–Crippen LogP) is -0.00760. The van der Waals surface area contributed by atoms with E-state index in [1.54, 1.807) is 13.3 Å². The number of benzene rings is 1. The van der Waals surface area contributed by atoms with Gasteiger partial charge in [0.05, 0.1) is 13.7 Å². The molecule has 0 bridgehead atoms. The minimum absolute atomic E-state index is 0.552. The minimum atomic E-state index is 0.552. The molecule has 0 saturated heterocycles. The summed E-state index contributed by atoms with van der Waals surface area (Å²) in [7, 11) is 1.62. The quantitative estimate of drug-likeness (QED) is 0.389. The Hall–Kier alpha value is -1.82. The normalized spacial score (nSPS) is 10.3. The van der Waals surface area contributed by atoms with Gasteiger partial charge in [0.1, 0.15) is 0 Å². The summed E-state index contributed by atoms with van der Waals surface area (Å²) in [5.74, 6) is 1.44. The van der Waals surface area contributed by atoms with Crippen LogP contribution in [0.15, 0.2) is 18.2 Å². The number of methoxy groups -OCH3 is 1. The number of ether oxygens (including phenoxy) is 2. The van der Waals surface area contributed by atoms with Gasteiger partial charge in [-0.15, -0.1) is 10.5 Å². The zero-order valence-corrected chi connectivity index (χ0v) is 12.3. The number of rotatable bonds is 6. The van der Waals surface area contributed by atoms with Crippen molar-refractivity contribution < 1.29 is 14.6 Å². The van der Waals surface area contributed by atoms with Crippen molar-refractivity contribution in [1.29, 1.82) is 0 Å². The SMILES string of the molecule is CCNC(=S)N[NH+]=Cc1ccc(OCC)c(OC)c1. The summed E-state index contributed by atoms with van der Waals surface area (Å²) in [5, 5.41) is 6.44. The largest absolute Gasteiger partial charge is 0.493 e. The van der Waals surface area contributed by atoms with E-state index in [1.165, 1.54) is 0 Å². The molecule has 0 unspecified atom stereocenters. The molecule has 6 heteroatoms. The van der Waals surface area contributed by atoms with Gasteiger partial charge in [0.2, 0.25) is 5.11 Å². The standard InChI is InChI=1S/C13H19N3O2S/c1-4-14-13(19)16-15-9-10-6-7-11(18-5-2)12(8-10)17-3/h6-9H,4-5H2,1-3H3,(H2,14,16,19)/p+1. The molecule has 5 nitrogen and oxygen atoms in total.